The Balaban J connectivity index is 1.71. The van der Waals surface area contributed by atoms with Crippen molar-refractivity contribution < 1.29 is 9.53 Å². The fourth-order valence-corrected chi connectivity index (χ4v) is 3.85. The van der Waals surface area contributed by atoms with Crippen LogP contribution in [0.1, 0.15) is 35.7 Å². The lowest BCUT2D eigenvalue weighted by atomic mass is 9.90. The van der Waals surface area contributed by atoms with E-state index < -0.39 is 0 Å². The summed E-state index contributed by atoms with van der Waals surface area (Å²) in [5, 5.41) is 0. The third-order valence-corrected chi connectivity index (χ3v) is 5.30. The summed E-state index contributed by atoms with van der Waals surface area (Å²) in [4.78, 5) is 17.4. The third-order valence-electron chi connectivity index (χ3n) is 5.30. The first kappa shape index (κ1) is 17.4. The van der Waals surface area contributed by atoms with Gasteiger partial charge < -0.3 is 15.4 Å². The number of rotatable bonds is 4. The summed E-state index contributed by atoms with van der Waals surface area (Å²) in [5.41, 5.74) is 7.92. The van der Waals surface area contributed by atoms with Crippen molar-refractivity contribution in [2.75, 3.05) is 39.4 Å². The maximum Gasteiger partial charge on any atom is 0.254 e. The van der Waals surface area contributed by atoms with Gasteiger partial charge in [-0.2, -0.15) is 0 Å². The summed E-state index contributed by atoms with van der Waals surface area (Å²) < 4.78 is 5.40. The van der Waals surface area contributed by atoms with E-state index in [1.807, 2.05) is 23.1 Å². The molecule has 24 heavy (non-hydrogen) atoms. The highest BCUT2D eigenvalue weighted by Gasteiger charge is 2.31. The lowest BCUT2D eigenvalue weighted by Gasteiger charge is -2.39. The second-order valence-electron chi connectivity index (χ2n) is 7.01. The highest BCUT2D eigenvalue weighted by molar-refractivity contribution is 5.94. The van der Waals surface area contributed by atoms with Gasteiger partial charge in [-0.05, 0) is 36.5 Å². The van der Waals surface area contributed by atoms with Crippen LogP contribution in [0.15, 0.2) is 24.3 Å². The van der Waals surface area contributed by atoms with Crippen LogP contribution < -0.4 is 5.73 Å². The molecule has 0 bridgehead atoms. The molecule has 5 nitrogen and oxygen atoms in total. The van der Waals surface area contributed by atoms with Gasteiger partial charge in [0.25, 0.3) is 5.91 Å². The van der Waals surface area contributed by atoms with Crippen molar-refractivity contribution in [3.05, 3.63) is 35.4 Å². The number of nitrogens with zero attached hydrogens (tertiary/aromatic N) is 2. The first-order chi connectivity index (χ1) is 11.7. The quantitative estimate of drug-likeness (QED) is 0.913. The van der Waals surface area contributed by atoms with Crippen molar-refractivity contribution in [3.63, 3.8) is 0 Å². The number of hydrogen-bond donors (Lipinski definition) is 1. The van der Waals surface area contributed by atoms with Crippen LogP contribution >= 0.6 is 0 Å². The largest absolute Gasteiger partial charge is 0.379 e. The van der Waals surface area contributed by atoms with E-state index in [4.69, 9.17) is 10.5 Å². The Kier molecular flexibility index (Phi) is 5.87. The fourth-order valence-electron chi connectivity index (χ4n) is 3.85. The van der Waals surface area contributed by atoms with Crippen LogP contribution in [0.4, 0.5) is 0 Å². The molecule has 0 aliphatic carbocycles. The van der Waals surface area contributed by atoms with Crippen molar-refractivity contribution in [1.82, 2.24) is 9.80 Å². The van der Waals surface area contributed by atoms with Crippen LogP contribution in [0.25, 0.3) is 0 Å². The van der Waals surface area contributed by atoms with Gasteiger partial charge in [-0.3, -0.25) is 9.69 Å². The Bertz CT molecular complexity index is 557. The molecule has 2 fully saturated rings. The van der Waals surface area contributed by atoms with Gasteiger partial charge in [0.2, 0.25) is 0 Å². The molecule has 0 spiro atoms. The Morgan fingerprint density at radius 3 is 2.83 bits per heavy atom. The number of carbonyl (C=O) groups excluding carboxylic acids is 1. The molecule has 1 amide bonds. The van der Waals surface area contributed by atoms with E-state index in [1.165, 1.54) is 5.56 Å². The van der Waals surface area contributed by atoms with Crippen molar-refractivity contribution in [2.24, 2.45) is 11.7 Å². The van der Waals surface area contributed by atoms with E-state index in [2.05, 4.69) is 17.9 Å². The summed E-state index contributed by atoms with van der Waals surface area (Å²) in [6.07, 6.45) is 2.22. The van der Waals surface area contributed by atoms with E-state index in [0.717, 1.165) is 57.8 Å². The summed E-state index contributed by atoms with van der Waals surface area (Å²) in [6.45, 7) is 7.94. The minimum atomic E-state index is 0.126. The highest BCUT2D eigenvalue weighted by atomic mass is 16.5. The standard InChI is InChI=1S/C19H29N3O2/c1-15-4-3-7-22(18(15)13-20)19(23)17-6-2-5-16(12-17)14-21-8-10-24-11-9-21/h2,5-6,12,15,18H,3-4,7-11,13-14,20H2,1H3/t15-,18-/m0/s1. The van der Waals surface area contributed by atoms with Crippen LogP contribution in [0.3, 0.4) is 0 Å². The Morgan fingerprint density at radius 2 is 2.08 bits per heavy atom. The number of nitrogens with two attached hydrogens (primary N) is 1. The van der Waals surface area contributed by atoms with E-state index >= 15 is 0 Å². The average molecular weight is 331 g/mol. The minimum Gasteiger partial charge on any atom is -0.379 e. The number of ether oxygens (including phenoxy) is 1. The zero-order valence-corrected chi connectivity index (χ0v) is 14.6. The number of likely N-dealkylation sites (tertiary alicyclic amines) is 1. The fraction of sp³-hybridized carbons (Fsp3) is 0.632. The summed E-state index contributed by atoms with van der Waals surface area (Å²) in [5.74, 6) is 0.602. The maximum absolute atomic E-state index is 13.0. The average Bonchev–Trinajstić information content (AvgIpc) is 2.62. The predicted molar refractivity (Wildman–Crippen MR) is 94.8 cm³/mol. The summed E-state index contributed by atoms with van der Waals surface area (Å²) in [6, 6.07) is 8.23. The molecule has 0 saturated carbocycles. The molecule has 0 unspecified atom stereocenters. The molecule has 3 rings (SSSR count). The number of morpholine rings is 1. The molecule has 2 saturated heterocycles. The van der Waals surface area contributed by atoms with Crippen molar-refractivity contribution in [2.45, 2.75) is 32.4 Å². The monoisotopic (exact) mass is 331 g/mol. The Hall–Kier alpha value is -1.43. The molecule has 0 aromatic heterocycles. The zero-order valence-electron chi connectivity index (χ0n) is 14.6. The Labute approximate surface area is 144 Å². The number of carbonyl (C=O) groups is 1. The van der Waals surface area contributed by atoms with Crippen LogP contribution in [0, 0.1) is 5.92 Å². The number of hydrogen-bond acceptors (Lipinski definition) is 4. The van der Waals surface area contributed by atoms with Gasteiger partial charge >= 0.3 is 0 Å². The van der Waals surface area contributed by atoms with Crippen LogP contribution in [0.5, 0.6) is 0 Å². The van der Waals surface area contributed by atoms with Gasteiger partial charge in [0.15, 0.2) is 0 Å². The first-order valence-corrected chi connectivity index (χ1v) is 9.09. The van der Waals surface area contributed by atoms with Gasteiger partial charge in [-0.15, -0.1) is 0 Å². The highest BCUT2D eigenvalue weighted by Crippen LogP contribution is 2.24. The smallest absolute Gasteiger partial charge is 0.254 e. The molecular formula is C19H29N3O2. The second-order valence-corrected chi connectivity index (χ2v) is 7.01. The molecule has 2 N–H and O–H groups in total. The maximum atomic E-state index is 13.0. The van der Waals surface area contributed by atoms with Crippen molar-refractivity contribution >= 4 is 5.91 Å². The molecule has 5 heteroatoms. The van der Waals surface area contributed by atoms with Crippen molar-refractivity contribution in [1.29, 1.82) is 0 Å². The van der Waals surface area contributed by atoms with Crippen LogP contribution in [-0.4, -0.2) is 61.1 Å². The van der Waals surface area contributed by atoms with Crippen molar-refractivity contribution in [3.8, 4) is 0 Å². The lowest BCUT2D eigenvalue weighted by Crippen LogP contribution is -2.51. The summed E-state index contributed by atoms with van der Waals surface area (Å²) in [7, 11) is 0. The van der Waals surface area contributed by atoms with Gasteiger partial charge in [-0.1, -0.05) is 19.1 Å². The van der Waals surface area contributed by atoms with Crippen LogP contribution in [-0.2, 0) is 11.3 Å². The van der Waals surface area contributed by atoms with E-state index in [9.17, 15) is 4.79 Å². The van der Waals surface area contributed by atoms with E-state index in [-0.39, 0.29) is 11.9 Å². The normalized spacial score (nSPS) is 25.7. The lowest BCUT2D eigenvalue weighted by molar-refractivity contribution is 0.0341. The number of amides is 1. The van der Waals surface area contributed by atoms with E-state index in [1.54, 1.807) is 0 Å². The minimum absolute atomic E-state index is 0.126. The zero-order chi connectivity index (χ0) is 16.9. The summed E-state index contributed by atoms with van der Waals surface area (Å²) >= 11 is 0. The molecular weight excluding hydrogens is 302 g/mol. The molecule has 2 aliphatic heterocycles. The third kappa shape index (κ3) is 3.97. The van der Waals surface area contributed by atoms with Gasteiger partial charge in [0.1, 0.15) is 0 Å². The molecule has 0 radical (unpaired) electrons. The number of benzene rings is 1. The molecule has 2 aliphatic rings. The molecule has 1 aromatic carbocycles. The molecule has 2 atom stereocenters. The predicted octanol–water partition coefficient (Wildman–Crippen LogP) is 1.72. The first-order valence-electron chi connectivity index (χ1n) is 9.09. The van der Waals surface area contributed by atoms with Crippen LogP contribution in [0.2, 0.25) is 0 Å². The number of piperidine rings is 1. The molecule has 2 heterocycles. The topological polar surface area (TPSA) is 58.8 Å². The van der Waals surface area contributed by atoms with Gasteiger partial charge in [-0.25, -0.2) is 0 Å². The van der Waals surface area contributed by atoms with E-state index in [0.29, 0.717) is 12.5 Å². The Morgan fingerprint density at radius 1 is 1.29 bits per heavy atom. The van der Waals surface area contributed by atoms with Gasteiger partial charge in [0, 0.05) is 44.3 Å². The SMILES string of the molecule is C[C@H]1CCCN(C(=O)c2cccc(CN3CCOCC3)c2)[C@H]1CN. The molecule has 132 valence electrons. The molecule has 1 aromatic rings. The van der Waals surface area contributed by atoms with Gasteiger partial charge in [0.05, 0.1) is 13.2 Å². The second kappa shape index (κ2) is 8.10.